The molecule has 6 nitrogen and oxygen atoms in total. The first-order valence-electron chi connectivity index (χ1n) is 8.00. The summed E-state index contributed by atoms with van der Waals surface area (Å²) in [4.78, 5) is 8.09. The molecule has 0 aliphatic rings. The number of aromatic nitrogens is 6. The number of hydrogen-bond acceptors (Lipinski definition) is 5. The molecule has 3 aromatic heterocycles. The molecular weight excluding hydrogens is 413 g/mol. The molecule has 1 aromatic carbocycles. The Morgan fingerprint density at radius 3 is 2.57 bits per heavy atom. The highest BCUT2D eigenvalue weighted by atomic mass is 35.5. The van der Waals surface area contributed by atoms with Crippen molar-refractivity contribution >= 4 is 34.4 Å². The summed E-state index contributed by atoms with van der Waals surface area (Å²) in [5.74, 6) is 0. The summed E-state index contributed by atoms with van der Waals surface area (Å²) in [6.07, 6.45) is 0.460. The van der Waals surface area contributed by atoms with E-state index in [1.54, 1.807) is 35.5 Å². The molecule has 4 aromatic rings. The van der Waals surface area contributed by atoms with E-state index in [4.69, 9.17) is 11.6 Å². The van der Waals surface area contributed by atoms with E-state index in [0.717, 1.165) is 17.0 Å². The van der Waals surface area contributed by atoms with Gasteiger partial charge in [-0.25, -0.2) is 14.3 Å². The molecule has 0 atom stereocenters. The Morgan fingerprint density at radius 2 is 1.89 bits per heavy atom. The lowest BCUT2D eigenvalue weighted by Crippen LogP contribution is -2.07. The minimum Gasteiger partial charge on any atom is -0.243 e. The van der Waals surface area contributed by atoms with Crippen LogP contribution >= 0.6 is 23.4 Å². The van der Waals surface area contributed by atoms with E-state index in [-0.39, 0.29) is 5.28 Å². The molecule has 0 amide bonds. The molecule has 0 unspecified atom stereocenters. The Hall–Kier alpha value is -2.59. The summed E-state index contributed by atoms with van der Waals surface area (Å²) in [7, 11) is 0. The second-order valence-corrected chi connectivity index (χ2v) is 7.03. The van der Waals surface area contributed by atoms with Gasteiger partial charge in [-0.1, -0.05) is 12.1 Å². The van der Waals surface area contributed by atoms with Gasteiger partial charge in [-0.05, 0) is 35.6 Å². The Bertz CT molecular complexity index is 1140. The van der Waals surface area contributed by atoms with Gasteiger partial charge in [0.2, 0.25) is 5.28 Å². The molecule has 0 aliphatic carbocycles. The molecule has 4 rings (SSSR count). The summed E-state index contributed by atoms with van der Waals surface area (Å²) in [5.41, 5.74) is 1.13. The van der Waals surface area contributed by atoms with Gasteiger partial charge in [0.25, 0.3) is 0 Å². The minimum absolute atomic E-state index is 0.133. The van der Waals surface area contributed by atoms with Crippen LogP contribution in [0.4, 0.5) is 13.2 Å². The first-order valence-corrected chi connectivity index (χ1v) is 9.60. The van der Waals surface area contributed by atoms with Crippen LogP contribution in [0.1, 0.15) is 11.3 Å². The average Bonchev–Trinajstić information content (AvgIpc) is 3.27. The number of thioether (sulfide) groups is 1. The van der Waals surface area contributed by atoms with E-state index in [1.165, 1.54) is 16.4 Å². The van der Waals surface area contributed by atoms with Crippen molar-refractivity contribution in [1.82, 2.24) is 29.5 Å². The van der Waals surface area contributed by atoms with E-state index in [9.17, 15) is 13.2 Å². The first kappa shape index (κ1) is 18.8. The molecule has 11 heteroatoms. The van der Waals surface area contributed by atoms with Gasteiger partial charge in [0.15, 0.2) is 11.3 Å². The highest BCUT2D eigenvalue weighted by Gasteiger charge is 2.35. The van der Waals surface area contributed by atoms with Crippen LogP contribution in [0.25, 0.3) is 16.7 Å². The Morgan fingerprint density at radius 1 is 1.14 bits per heavy atom. The summed E-state index contributed by atoms with van der Waals surface area (Å²) in [5, 5.41) is 9.29. The van der Waals surface area contributed by atoms with Crippen LogP contribution in [0.15, 0.2) is 47.8 Å². The van der Waals surface area contributed by atoms with Gasteiger partial charge in [-0.3, -0.25) is 0 Å². The Kier molecular flexibility index (Phi) is 4.76. The molecule has 0 aliphatic heterocycles. The van der Waals surface area contributed by atoms with Gasteiger partial charge in [-0.15, -0.1) is 11.8 Å². The van der Waals surface area contributed by atoms with Crippen LogP contribution < -0.4 is 0 Å². The standard InChI is InChI=1S/C17H12ClF3N6S/c1-28-14-6-13(17(19,20)21)25-27(14)12-4-2-10(3-5-12)9-26-15-11(8-23-26)7-22-16(18)24-15/h2-8H,9H2,1H3. The van der Waals surface area contributed by atoms with Crippen LogP contribution in [-0.2, 0) is 12.7 Å². The lowest BCUT2D eigenvalue weighted by atomic mass is 10.2. The van der Waals surface area contributed by atoms with E-state index in [2.05, 4.69) is 20.2 Å². The number of hydrogen-bond donors (Lipinski definition) is 0. The third kappa shape index (κ3) is 3.57. The maximum absolute atomic E-state index is 13.0. The molecule has 0 fully saturated rings. The number of alkyl halides is 3. The van der Waals surface area contributed by atoms with Crippen LogP contribution in [0.5, 0.6) is 0 Å². The fourth-order valence-corrected chi connectivity index (χ4v) is 3.39. The van der Waals surface area contributed by atoms with Gasteiger partial charge in [0.05, 0.1) is 23.8 Å². The quantitative estimate of drug-likeness (QED) is 0.357. The largest absolute Gasteiger partial charge is 0.435 e. The zero-order valence-corrected chi connectivity index (χ0v) is 15.9. The molecule has 0 saturated heterocycles. The van der Waals surface area contributed by atoms with Crippen LogP contribution in [0, 0.1) is 0 Å². The highest BCUT2D eigenvalue weighted by Crippen LogP contribution is 2.32. The van der Waals surface area contributed by atoms with Crippen molar-refractivity contribution in [3.8, 4) is 5.69 Å². The summed E-state index contributed by atoms with van der Waals surface area (Å²) in [6, 6.07) is 8.10. The number of benzene rings is 1. The number of fused-ring (bicyclic) bond motifs is 1. The second-order valence-electron chi connectivity index (χ2n) is 5.87. The summed E-state index contributed by atoms with van der Waals surface area (Å²) >= 11 is 7.04. The summed E-state index contributed by atoms with van der Waals surface area (Å²) < 4.78 is 41.8. The monoisotopic (exact) mass is 424 g/mol. The van der Waals surface area contributed by atoms with Gasteiger partial charge in [0.1, 0.15) is 5.03 Å². The topological polar surface area (TPSA) is 61.4 Å². The third-order valence-electron chi connectivity index (χ3n) is 4.04. The predicted molar refractivity (Wildman–Crippen MR) is 99.8 cm³/mol. The van der Waals surface area contributed by atoms with Crippen molar-refractivity contribution in [2.24, 2.45) is 0 Å². The van der Waals surface area contributed by atoms with Crippen molar-refractivity contribution in [3.05, 3.63) is 59.3 Å². The van der Waals surface area contributed by atoms with Gasteiger partial charge in [-0.2, -0.15) is 28.4 Å². The fraction of sp³-hybridized carbons (Fsp3) is 0.176. The molecule has 0 spiro atoms. The summed E-state index contributed by atoms with van der Waals surface area (Å²) in [6.45, 7) is 0.430. The number of halogens is 4. The first-order chi connectivity index (χ1) is 13.3. The maximum Gasteiger partial charge on any atom is 0.435 e. The van der Waals surface area contributed by atoms with Crippen molar-refractivity contribution in [3.63, 3.8) is 0 Å². The molecular formula is C17H12ClF3N6S. The Balaban J connectivity index is 1.62. The van der Waals surface area contributed by atoms with Crippen molar-refractivity contribution < 1.29 is 13.2 Å². The van der Waals surface area contributed by atoms with Crippen LogP contribution in [0.3, 0.4) is 0 Å². The Labute approximate surface area is 166 Å². The lowest BCUT2D eigenvalue weighted by molar-refractivity contribution is -0.141. The van der Waals surface area contributed by atoms with E-state index in [1.807, 2.05) is 12.1 Å². The zero-order valence-electron chi connectivity index (χ0n) is 14.4. The third-order valence-corrected chi connectivity index (χ3v) is 4.93. The smallest absolute Gasteiger partial charge is 0.243 e. The molecule has 0 bridgehead atoms. The van der Waals surface area contributed by atoms with E-state index in [0.29, 0.717) is 22.9 Å². The fourth-order valence-electron chi connectivity index (χ4n) is 2.71. The maximum atomic E-state index is 13.0. The van der Waals surface area contributed by atoms with Crippen LogP contribution in [-0.4, -0.2) is 35.8 Å². The van der Waals surface area contributed by atoms with E-state index >= 15 is 0 Å². The van der Waals surface area contributed by atoms with Crippen molar-refractivity contribution in [2.75, 3.05) is 6.26 Å². The second kappa shape index (κ2) is 7.10. The zero-order chi connectivity index (χ0) is 19.9. The number of rotatable bonds is 4. The molecule has 144 valence electrons. The molecule has 3 heterocycles. The van der Waals surface area contributed by atoms with Crippen LogP contribution in [0.2, 0.25) is 5.28 Å². The molecule has 0 saturated carbocycles. The van der Waals surface area contributed by atoms with Crippen molar-refractivity contribution in [1.29, 1.82) is 0 Å². The lowest BCUT2D eigenvalue weighted by Gasteiger charge is -2.08. The van der Waals surface area contributed by atoms with Gasteiger partial charge < -0.3 is 0 Å². The molecule has 28 heavy (non-hydrogen) atoms. The molecule has 0 N–H and O–H groups in total. The number of nitrogens with zero attached hydrogens (tertiary/aromatic N) is 6. The SMILES string of the molecule is CSc1cc(C(F)(F)F)nn1-c1ccc(Cn2ncc3cnc(Cl)nc32)cc1. The normalized spacial score (nSPS) is 12.0. The predicted octanol–water partition coefficient (Wildman–Crippen LogP) is 4.45. The van der Waals surface area contributed by atoms with Gasteiger partial charge in [0, 0.05) is 12.3 Å². The minimum atomic E-state index is -4.49. The average molecular weight is 425 g/mol. The highest BCUT2D eigenvalue weighted by molar-refractivity contribution is 7.98. The van der Waals surface area contributed by atoms with Crippen molar-refractivity contribution in [2.45, 2.75) is 17.7 Å². The van der Waals surface area contributed by atoms with E-state index < -0.39 is 11.9 Å². The molecule has 0 radical (unpaired) electrons. The van der Waals surface area contributed by atoms with Gasteiger partial charge >= 0.3 is 6.18 Å².